The van der Waals surface area contributed by atoms with Crippen LogP contribution in [-0.4, -0.2) is 28.6 Å². The van der Waals surface area contributed by atoms with Crippen molar-refractivity contribution < 1.29 is 5.11 Å². The lowest BCUT2D eigenvalue weighted by atomic mass is 10.0. The van der Waals surface area contributed by atoms with Gasteiger partial charge in [0.25, 0.3) is 0 Å². The van der Waals surface area contributed by atoms with Crippen LogP contribution in [0.5, 0.6) is 0 Å². The van der Waals surface area contributed by atoms with Crippen molar-refractivity contribution in [2.75, 3.05) is 13.6 Å². The minimum atomic E-state index is -0.390. The van der Waals surface area contributed by atoms with Gasteiger partial charge in [-0.05, 0) is 31.5 Å². The predicted molar refractivity (Wildman–Crippen MR) is 79.2 cm³/mol. The number of aliphatic hydroxyl groups is 1. The molecule has 0 saturated carbocycles. The van der Waals surface area contributed by atoms with Gasteiger partial charge in [0.05, 0.1) is 17.3 Å². The Labute approximate surface area is 118 Å². The molecule has 0 bridgehead atoms. The molecule has 1 heterocycles. The topological polar surface area (TPSA) is 36.4 Å². The van der Waals surface area contributed by atoms with Crippen molar-refractivity contribution in [3.63, 3.8) is 0 Å². The first kappa shape index (κ1) is 14.2. The highest BCUT2D eigenvalue weighted by atomic mass is 32.1. The minimum Gasteiger partial charge on any atom is -0.388 e. The SMILES string of the molecule is Cc1ccccc1C(O)CCN(C)Cc1cscn1. The summed E-state index contributed by atoms with van der Waals surface area (Å²) in [5, 5.41) is 12.3. The zero-order valence-corrected chi connectivity index (χ0v) is 12.2. The van der Waals surface area contributed by atoms with E-state index in [0.29, 0.717) is 0 Å². The van der Waals surface area contributed by atoms with Gasteiger partial charge >= 0.3 is 0 Å². The highest BCUT2D eigenvalue weighted by molar-refractivity contribution is 7.07. The third kappa shape index (κ3) is 4.13. The Kier molecular flexibility index (Phi) is 5.07. The van der Waals surface area contributed by atoms with Gasteiger partial charge in [0.15, 0.2) is 0 Å². The average Bonchev–Trinajstić information content (AvgIpc) is 2.89. The number of hydrogen-bond acceptors (Lipinski definition) is 4. The molecular weight excluding hydrogens is 256 g/mol. The van der Waals surface area contributed by atoms with E-state index in [4.69, 9.17) is 0 Å². The van der Waals surface area contributed by atoms with E-state index in [9.17, 15) is 5.11 Å². The van der Waals surface area contributed by atoms with E-state index in [2.05, 4.69) is 22.3 Å². The molecule has 0 aliphatic rings. The number of thiazole rings is 1. The molecule has 19 heavy (non-hydrogen) atoms. The van der Waals surface area contributed by atoms with Crippen LogP contribution in [0.3, 0.4) is 0 Å². The maximum atomic E-state index is 10.2. The summed E-state index contributed by atoms with van der Waals surface area (Å²) in [6.07, 6.45) is 0.352. The molecule has 0 spiro atoms. The van der Waals surface area contributed by atoms with Gasteiger partial charge < -0.3 is 10.0 Å². The Morgan fingerprint density at radius 3 is 2.84 bits per heavy atom. The largest absolute Gasteiger partial charge is 0.388 e. The first-order valence-corrected chi connectivity index (χ1v) is 7.40. The van der Waals surface area contributed by atoms with Crippen LogP contribution in [0.25, 0.3) is 0 Å². The first-order valence-electron chi connectivity index (χ1n) is 6.46. The summed E-state index contributed by atoms with van der Waals surface area (Å²) in [4.78, 5) is 6.46. The van der Waals surface area contributed by atoms with Crippen LogP contribution in [0, 0.1) is 6.92 Å². The molecule has 0 amide bonds. The van der Waals surface area contributed by atoms with Gasteiger partial charge in [0.2, 0.25) is 0 Å². The van der Waals surface area contributed by atoms with E-state index >= 15 is 0 Å². The second kappa shape index (κ2) is 6.80. The Hall–Kier alpha value is -1.23. The summed E-state index contributed by atoms with van der Waals surface area (Å²) >= 11 is 1.62. The number of aromatic nitrogens is 1. The maximum absolute atomic E-state index is 10.2. The van der Waals surface area contributed by atoms with Gasteiger partial charge in [-0.1, -0.05) is 24.3 Å². The molecule has 4 heteroatoms. The van der Waals surface area contributed by atoms with Crippen molar-refractivity contribution in [2.45, 2.75) is 26.0 Å². The monoisotopic (exact) mass is 276 g/mol. The third-order valence-electron chi connectivity index (χ3n) is 3.25. The van der Waals surface area contributed by atoms with Crippen molar-refractivity contribution in [1.82, 2.24) is 9.88 Å². The molecule has 2 aromatic rings. The summed E-state index contributed by atoms with van der Waals surface area (Å²) in [5.41, 5.74) is 5.13. The van der Waals surface area contributed by atoms with Gasteiger partial charge in [0.1, 0.15) is 0 Å². The molecule has 0 aliphatic heterocycles. The lowest BCUT2D eigenvalue weighted by molar-refractivity contribution is 0.147. The Morgan fingerprint density at radius 1 is 1.37 bits per heavy atom. The van der Waals surface area contributed by atoms with E-state index < -0.39 is 0 Å². The Balaban J connectivity index is 1.83. The zero-order valence-electron chi connectivity index (χ0n) is 11.4. The van der Waals surface area contributed by atoms with Crippen LogP contribution in [0.1, 0.15) is 29.3 Å². The van der Waals surface area contributed by atoms with Crippen LogP contribution in [0.2, 0.25) is 0 Å². The van der Waals surface area contributed by atoms with Crippen molar-refractivity contribution in [3.8, 4) is 0 Å². The van der Waals surface area contributed by atoms with Gasteiger partial charge in [-0.15, -0.1) is 11.3 Å². The fourth-order valence-electron chi connectivity index (χ4n) is 2.13. The molecule has 2 rings (SSSR count). The van der Waals surface area contributed by atoms with Crippen molar-refractivity contribution in [3.05, 3.63) is 52.0 Å². The molecule has 0 aliphatic carbocycles. The normalized spacial score (nSPS) is 12.8. The molecule has 102 valence electrons. The molecule has 0 radical (unpaired) electrons. The molecular formula is C15H20N2OS. The summed E-state index contributed by atoms with van der Waals surface area (Å²) in [5.74, 6) is 0. The molecule has 1 unspecified atom stereocenters. The number of rotatable bonds is 6. The summed E-state index contributed by atoms with van der Waals surface area (Å²) in [6, 6.07) is 8.02. The van der Waals surface area contributed by atoms with E-state index in [1.54, 1.807) is 11.3 Å². The van der Waals surface area contributed by atoms with Crippen LogP contribution in [0.15, 0.2) is 35.2 Å². The van der Waals surface area contributed by atoms with Gasteiger partial charge in [-0.2, -0.15) is 0 Å². The fourth-order valence-corrected chi connectivity index (χ4v) is 2.68. The molecule has 1 N–H and O–H groups in total. The Bertz CT molecular complexity index is 499. The van der Waals surface area contributed by atoms with Crippen LogP contribution < -0.4 is 0 Å². The molecule has 3 nitrogen and oxygen atoms in total. The van der Waals surface area contributed by atoms with Crippen molar-refractivity contribution in [2.24, 2.45) is 0 Å². The van der Waals surface area contributed by atoms with E-state index in [1.807, 2.05) is 36.7 Å². The number of hydrogen-bond donors (Lipinski definition) is 1. The van der Waals surface area contributed by atoms with Crippen LogP contribution in [0.4, 0.5) is 0 Å². The molecule has 0 fully saturated rings. The average molecular weight is 276 g/mol. The van der Waals surface area contributed by atoms with Crippen LogP contribution in [-0.2, 0) is 6.54 Å². The molecule has 1 atom stereocenters. The van der Waals surface area contributed by atoms with E-state index in [0.717, 1.165) is 36.3 Å². The second-order valence-electron chi connectivity index (χ2n) is 4.88. The highest BCUT2D eigenvalue weighted by Gasteiger charge is 2.11. The van der Waals surface area contributed by atoms with Gasteiger partial charge in [0, 0.05) is 18.5 Å². The molecule has 1 aromatic carbocycles. The lowest BCUT2D eigenvalue weighted by Gasteiger charge is -2.19. The molecule has 0 saturated heterocycles. The fraction of sp³-hybridized carbons (Fsp3) is 0.400. The quantitative estimate of drug-likeness (QED) is 0.881. The predicted octanol–water partition coefficient (Wildman–Crippen LogP) is 3.01. The smallest absolute Gasteiger partial charge is 0.0804 e. The third-order valence-corrected chi connectivity index (χ3v) is 3.88. The number of nitrogens with zero attached hydrogens (tertiary/aromatic N) is 2. The summed E-state index contributed by atoms with van der Waals surface area (Å²) in [6.45, 7) is 3.73. The molecule has 1 aromatic heterocycles. The maximum Gasteiger partial charge on any atom is 0.0804 e. The van der Waals surface area contributed by atoms with Gasteiger partial charge in [-0.3, -0.25) is 0 Å². The summed E-state index contributed by atoms with van der Waals surface area (Å²) in [7, 11) is 2.06. The minimum absolute atomic E-state index is 0.390. The lowest BCUT2D eigenvalue weighted by Crippen LogP contribution is -2.21. The highest BCUT2D eigenvalue weighted by Crippen LogP contribution is 2.20. The van der Waals surface area contributed by atoms with E-state index in [-0.39, 0.29) is 6.10 Å². The second-order valence-corrected chi connectivity index (χ2v) is 5.60. The van der Waals surface area contributed by atoms with Crippen molar-refractivity contribution >= 4 is 11.3 Å². The number of aliphatic hydroxyl groups excluding tert-OH is 1. The number of benzene rings is 1. The number of aryl methyl sites for hydroxylation is 1. The van der Waals surface area contributed by atoms with Gasteiger partial charge in [-0.25, -0.2) is 4.98 Å². The standard InChI is InChI=1S/C15H20N2OS/c1-12-5-3-4-6-14(12)15(18)7-8-17(2)9-13-10-19-11-16-13/h3-6,10-11,15,18H,7-9H2,1-2H3. The zero-order chi connectivity index (χ0) is 13.7. The van der Waals surface area contributed by atoms with Crippen LogP contribution >= 0.6 is 11.3 Å². The summed E-state index contributed by atoms with van der Waals surface area (Å²) < 4.78 is 0. The Morgan fingerprint density at radius 2 is 2.16 bits per heavy atom. The van der Waals surface area contributed by atoms with E-state index in [1.165, 1.54) is 0 Å². The van der Waals surface area contributed by atoms with Crippen molar-refractivity contribution in [1.29, 1.82) is 0 Å². The first-order chi connectivity index (χ1) is 9.16.